The molecule has 0 aliphatic heterocycles. The molecular weight excluding hydrogens is 372 g/mol. The Morgan fingerprint density at radius 3 is 2.30 bits per heavy atom. The van der Waals surface area contributed by atoms with E-state index in [0.29, 0.717) is 5.56 Å². The number of alkyl halides is 4. The second-order valence-electron chi connectivity index (χ2n) is 4.91. The van der Waals surface area contributed by atoms with Gasteiger partial charge in [0.1, 0.15) is 11.6 Å². The molecule has 7 nitrogen and oxygen atoms in total. The van der Waals surface area contributed by atoms with Gasteiger partial charge in [-0.1, -0.05) is 12.1 Å². The average molecular weight is 386 g/mol. The Bertz CT molecular complexity index is 913. The van der Waals surface area contributed by atoms with E-state index in [-0.39, 0.29) is 17.2 Å². The number of nitrogens with one attached hydrogen (secondary N) is 1. The molecule has 0 saturated carbocycles. The number of nitrogens with two attached hydrogens (primary N) is 2. The normalized spacial score (nSPS) is 11.8. The first-order chi connectivity index (χ1) is 12.8. The van der Waals surface area contributed by atoms with Gasteiger partial charge >= 0.3 is 13.2 Å². The summed E-state index contributed by atoms with van der Waals surface area (Å²) in [4.78, 5) is 18.3. The van der Waals surface area contributed by atoms with E-state index in [4.69, 9.17) is 11.5 Å². The summed E-state index contributed by atoms with van der Waals surface area (Å²) in [6.45, 7) is -6.44. The number of aromatic nitrogens is 2. The molecule has 144 valence electrons. The van der Waals surface area contributed by atoms with E-state index in [9.17, 15) is 22.4 Å². The van der Waals surface area contributed by atoms with Crippen LogP contribution < -0.4 is 26.5 Å². The lowest BCUT2D eigenvalue weighted by atomic mass is 10.2. The Balaban J connectivity index is 2.32. The first-order valence-electron chi connectivity index (χ1n) is 7.30. The Kier molecular flexibility index (Phi) is 6.41. The molecule has 0 aliphatic carbocycles. The van der Waals surface area contributed by atoms with E-state index in [1.165, 1.54) is 24.3 Å². The van der Waals surface area contributed by atoms with Crippen LogP contribution in [-0.2, 0) is 0 Å². The fourth-order valence-corrected chi connectivity index (χ4v) is 2.04. The fraction of sp³-hybridized carbons (Fsp3) is 0.125. The molecule has 0 spiro atoms. The summed E-state index contributed by atoms with van der Waals surface area (Å²) < 4.78 is 57.9. The van der Waals surface area contributed by atoms with Crippen molar-refractivity contribution in [3.63, 3.8) is 0 Å². The van der Waals surface area contributed by atoms with Crippen molar-refractivity contribution in [3.05, 3.63) is 51.7 Å². The molecule has 11 heteroatoms. The number of rotatable bonds is 7. The quantitative estimate of drug-likeness (QED) is 0.630. The third kappa shape index (κ3) is 5.49. The third-order valence-electron chi connectivity index (χ3n) is 3.10. The number of hydrogen-bond donors (Lipinski definition) is 3. The molecule has 27 heavy (non-hydrogen) atoms. The van der Waals surface area contributed by atoms with Crippen LogP contribution in [0.25, 0.3) is 18.2 Å². The van der Waals surface area contributed by atoms with Crippen LogP contribution in [0.15, 0.2) is 29.2 Å². The van der Waals surface area contributed by atoms with Gasteiger partial charge in [0.15, 0.2) is 11.5 Å². The van der Waals surface area contributed by atoms with Gasteiger partial charge in [-0.05, 0) is 36.0 Å². The minimum atomic E-state index is -3.23. The number of hydrogen-bond acceptors (Lipinski definition) is 6. The number of ether oxygens (including phenoxy) is 2. The van der Waals surface area contributed by atoms with Crippen LogP contribution in [0, 0.1) is 0 Å². The summed E-state index contributed by atoms with van der Waals surface area (Å²) in [7, 11) is 0. The number of benzene rings is 1. The topological polar surface area (TPSA) is 116 Å². The SMILES string of the molecule is N/C=C\c1c(N)nc(/C=C/c2ccc(OC(F)F)c(OC(F)F)c2)[nH]c1=O. The van der Waals surface area contributed by atoms with Crippen molar-refractivity contribution in [2.24, 2.45) is 5.73 Å². The molecule has 1 aromatic carbocycles. The monoisotopic (exact) mass is 386 g/mol. The van der Waals surface area contributed by atoms with Gasteiger partial charge in [0, 0.05) is 0 Å². The summed E-state index contributed by atoms with van der Waals surface area (Å²) in [5.74, 6) is -1.11. The van der Waals surface area contributed by atoms with Crippen LogP contribution in [0.5, 0.6) is 11.5 Å². The molecule has 1 heterocycles. The lowest BCUT2D eigenvalue weighted by Crippen LogP contribution is -2.16. The van der Waals surface area contributed by atoms with Gasteiger partial charge in [0.05, 0.1) is 5.56 Å². The third-order valence-corrected chi connectivity index (χ3v) is 3.10. The second-order valence-corrected chi connectivity index (χ2v) is 4.91. The summed E-state index contributed by atoms with van der Waals surface area (Å²) in [5, 5.41) is 0. The van der Waals surface area contributed by atoms with Crippen molar-refractivity contribution in [1.29, 1.82) is 0 Å². The van der Waals surface area contributed by atoms with Gasteiger partial charge < -0.3 is 25.9 Å². The highest BCUT2D eigenvalue weighted by molar-refractivity contribution is 5.70. The molecule has 0 amide bonds. The molecule has 0 aliphatic rings. The minimum absolute atomic E-state index is 0.0671. The Hall–Kier alpha value is -3.50. The molecule has 0 saturated heterocycles. The number of H-pyrrole nitrogens is 1. The molecule has 0 fully saturated rings. The summed E-state index contributed by atoms with van der Waals surface area (Å²) in [6, 6.07) is 3.43. The van der Waals surface area contributed by atoms with E-state index >= 15 is 0 Å². The molecule has 5 N–H and O–H groups in total. The molecule has 0 atom stereocenters. The first kappa shape index (κ1) is 19.8. The maximum atomic E-state index is 12.4. The van der Waals surface area contributed by atoms with Gasteiger partial charge in [0.25, 0.3) is 5.56 Å². The van der Waals surface area contributed by atoms with Crippen LogP contribution in [0.3, 0.4) is 0 Å². The lowest BCUT2D eigenvalue weighted by Gasteiger charge is -2.12. The van der Waals surface area contributed by atoms with Crippen LogP contribution in [-0.4, -0.2) is 23.2 Å². The Morgan fingerprint density at radius 2 is 1.70 bits per heavy atom. The summed E-state index contributed by atoms with van der Waals surface area (Å²) in [6.07, 6.45) is 5.12. The number of anilines is 1. The maximum Gasteiger partial charge on any atom is 0.387 e. The Morgan fingerprint density at radius 1 is 1.04 bits per heavy atom. The van der Waals surface area contributed by atoms with Crippen LogP contribution in [0.4, 0.5) is 23.4 Å². The van der Waals surface area contributed by atoms with Gasteiger partial charge in [-0.25, -0.2) is 4.98 Å². The minimum Gasteiger partial charge on any atom is -0.431 e. The largest absolute Gasteiger partial charge is 0.431 e. The van der Waals surface area contributed by atoms with E-state index < -0.39 is 30.3 Å². The molecule has 1 aromatic heterocycles. The predicted octanol–water partition coefficient (Wildman–Crippen LogP) is 2.65. The lowest BCUT2D eigenvalue weighted by molar-refractivity contribution is -0.0692. The predicted molar refractivity (Wildman–Crippen MR) is 91.1 cm³/mol. The van der Waals surface area contributed by atoms with Crippen LogP contribution >= 0.6 is 0 Å². The number of aromatic amines is 1. The first-order valence-corrected chi connectivity index (χ1v) is 7.30. The van der Waals surface area contributed by atoms with E-state index in [1.807, 2.05) is 0 Å². The highest BCUT2D eigenvalue weighted by Crippen LogP contribution is 2.31. The number of nitrogens with zero attached hydrogens (tertiary/aromatic N) is 1. The van der Waals surface area contributed by atoms with Gasteiger partial charge in [-0.15, -0.1) is 0 Å². The molecule has 0 radical (unpaired) electrons. The number of halogens is 4. The maximum absolute atomic E-state index is 12.4. The Labute approximate surface area is 149 Å². The van der Waals surface area contributed by atoms with E-state index in [2.05, 4.69) is 19.4 Å². The fourth-order valence-electron chi connectivity index (χ4n) is 2.04. The van der Waals surface area contributed by atoms with Crippen LogP contribution in [0.2, 0.25) is 0 Å². The van der Waals surface area contributed by atoms with Crippen LogP contribution in [0.1, 0.15) is 17.0 Å². The zero-order valence-electron chi connectivity index (χ0n) is 13.5. The van der Waals surface area contributed by atoms with Gasteiger partial charge in [-0.3, -0.25) is 4.79 Å². The zero-order valence-corrected chi connectivity index (χ0v) is 13.5. The highest BCUT2D eigenvalue weighted by atomic mass is 19.3. The molecule has 0 unspecified atom stereocenters. The van der Waals surface area contributed by atoms with Crippen molar-refractivity contribution in [2.45, 2.75) is 13.2 Å². The van der Waals surface area contributed by atoms with Crippen molar-refractivity contribution in [1.82, 2.24) is 9.97 Å². The molecular formula is C16H14F4N4O3. The average Bonchev–Trinajstić information content (AvgIpc) is 2.57. The summed E-state index contributed by atoms with van der Waals surface area (Å²) >= 11 is 0. The van der Waals surface area contributed by atoms with Crippen molar-refractivity contribution >= 4 is 24.0 Å². The molecule has 2 rings (SSSR count). The second kappa shape index (κ2) is 8.74. The van der Waals surface area contributed by atoms with Gasteiger partial charge in [0.2, 0.25) is 0 Å². The molecule has 0 bridgehead atoms. The standard InChI is InChI=1S/C16H14F4N4O3/c17-15(18)26-10-3-1-8(7-11(10)27-16(19)20)2-4-12-23-13(22)9(5-6-21)14(25)24-12/h1-7,15-16H,21H2,(H3,22,23,24,25)/b4-2+,6-5-. The van der Waals surface area contributed by atoms with Gasteiger partial charge in [-0.2, -0.15) is 17.6 Å². The smallest absolute Gasteiger partial charge is 0.387 e. The molecule has 2 aromatic rings. The van der Waals surface area contributed by atoms with E-state index in [1.54, 1.807) is 0 Å². The number of nitrogen functional groups attached to an aromatic ring is 1. The van der Waals surface area contributed by atoms with E-state index in [0.717, 1.165) is 18.3 Å². The van der Waals surface area contributed by atoms with Crippen molar-refractivity contribution in [2.75, 3.05) is 5.73 Å². The summed E-state index contributed by atoms with van der Waals surface area (Å²) in [5.41, 5.74) is 10.7. The van der Waals surface area contributed by atoms with Crippen molar-refractivity contribution < 1.29 is 27.0 Å². The highest BCUT2D eigenvalue weighted by Gasteiger charge is 2.15. The zero-order chi connectivity index (χ0) is 20.0. The van der Waals surface area contributed by atoms with Crippen molar-refractivity contribution in [3.8, 4) is 11.5 Å².